The SMILES string of the molecule is COC(=O)CCCCCCSC1=C[C@H](O[Si](C)(C)C(C)(C)C)CC1=O. The van der Waals surface area contributed by atoms with Crippen LogP contribution in [0.2, 0.25) is 18.1 Å². The second kappa shape index (κ2) is 9.93. The van der Waals surface area contributed by atoms with Crippen LogP contribution < -0.4 is 0 Å². The molecule has 0 amide bonds. The van der Waals surface area contributed by atoms with E-state index >= 15 is 0 Å². The molecule has 0 aromatic heterocycles. The van der Waals surface area contributed by atoms with E-state index in [0.29, 0.717) is 12.8 Å². The fraction of sp³-hybridized carbons (Fsp3) is 0.789. The lowest BCUT2D eigenvalue weighted by Crippen LogP contribution is -2.43. The van der Waals surface area contributed by atoms with E-state index in [1.807, 2.05) is 6.08 Å². The second-order valence-electron chi connectivity index (χ2n) is 8.16. The summed E-state index contributed by atoms with van der Waals surface area (Å²) < 4.78 is 11.0. The molecule has 1 atom stereocenters. The van der Waals surface area contributed by atoms with Gasteiger partial charge in [-0.05, 0) is 42.8 Å². The maximum Gasteiger partial charge on any atom is 0.305 e. The third-order valence-corrected chi connectivity index (χ3v) is 10.7. The van der Waals surface area contributed by atoms with Crippen LogP contribution in [0.1, 0.15) is 59.3 Å². The van der Waals surface area contributed by atoms with Gasteiger partial charge in [-0.2, -0.15) is 0 Å². The number of thioether (sulfide) groups is 1. The smallest absolute Gasteiger partial charge is 0.305 e. The lowest BCUT2D eigenvalue weighted by atomic mass is 10.1. The van der Waals surface area contributed by atoms with Crippen LogP contribution in [-0.4, -0.2) is 39.0 Å². The van der Waals surface area contributed by atoms with E-state index in [2.05, 4.69) is 38.6 Å². The number of carbonyl (C=O) groups excluding carboxylic acids is 2. The molecule has 0 aromatic carbocycles. The summed E-state index contributed by atoms with van der Waals surface area (Å²) in [6.07, 6.45) is 7.02. The number of hydrogen-bond acceptors (Lipinski definition) is 5. The number of esters is 1. The molecule has 1 rings (SSSR count). The fourth-order valence-corrected chi connectivity index (χ4v) is 4.70. The molecular weight excluding hydrogens is 352 g/mol. The molecule has 0 radical (unpaired) electrons. The van der Waals surface area contributed by atoms with Gasteiger partial charge in [-0.1, -0.05) is 33.6 Å². The molecule has 6 heteroatoms. The largest absolute Gasteiger partial charge is 0.469 e. The van der Waals surface area contributed by atoms with Crippen molar-refractivity contribution >= 4 is 31.8 Å². The van der Waals surface area contributed by atoms with Gasteiger partial charge in [0.1, 0.15) is 0 Å². The van der Waals surface area contributed by atoms with E-state index in [9.17, 15) is 9.59 Å². The summed E-state index contributed by atoms with van der Waals surface area (Å²) in [4.78, 5) is 24.1. The van der Waals surface area contributed by atoms with Crippen molar-refractivity contribution in [2.75, 3.05) is 12.9 Å². The van der Waals surface area contributed by atoms with Crippen LogP contribution in [0.15, 0.2) is 11.0 Å². The number of carbonyl (C=O) groups is 2. The zero-order valence-electron chi connectivity index (χ0n) is 16.6. The number of methoxy groups -OCH3 is 1. The first-order valence-corrected chi connectivity index (χ1v) is 13.1. The van der Waals surface area contributed by atoms with Gasteiger partial charge in [0.15, 0.2) is 14.1 Å². The predicted molar refractivity (Wildman–Crippen MR) is 107 cm³/mol. The van der Waals surface area contributed by atoms with Crippen LogP contribution in [0.4, 0.5) is 0 Å². The second-order valence-corrected chi connectivity index (χ2v) is 14.1. The highest BCUT2D eigenvalue weighted by molar-refractivity contribution is 8.04. The van der Waals surface area contributed by atoms with E-state index in [-0.39, 0.29) is 22.9 Å². The number of allylic oxidation sites excluding steroid dienone is 1. The molecule has 0 spiro atoms. The highest BCUT2D eigenvalue weighted by atomic mass is 32.2. The van der Waals surface area contributed by atoms with Gasteiger partial charge in [-0.15, -0.1) is 11.8 Å². The van der Waals surface area contributed by atoms with Gasteiger partial charge in [-0.3, -0.25) is 9.59 Å². The van der Waals surface area contributed by atoms with Crippen molar-refractivity contribution in [3.63, 3.8) is 0 Å². The Balaban J connectivity index is 2.30. The quantitative estimate of drug-likeness (QED) is 0.297. The van der Waals surface area contributed by atoms with Gasteiger partial charge in [0.2, 0.25) is 0 Å². The van der Waals surface area contributed by atoms with Crippen LogP contribution >= 0.6 is 11.8 Å². The van der Waals surface area contributed by atoms with Crippen LogP contribution in [0.5, 0.6) is 0 Å². The molecule has 0 N–H and O–H groups in total. The molecule has 0 aliphatic heterocycles. The molecule has 0 unspecified atom stereocenters. The Hall–Kier alpha value is -0.593. The fourth-order valence-electron chi connectivity index (χ4n) is 2.37. The number of unbranched alkanes of at least 4 members (excludes halogenated alkanes) is 3. The molecular formula is C19H34O4SSi. The van der Waals surface area contributed by atoms with Crippen molar-refractivity contribution in [1.29, 1.82) is 0 Å². The highest BCUT2D eigenvalue weighted by Gasteiger charge is 2.40. The van der Waals surface area contributed by atoms with Gasteiger partial charge in [0.25, 0.3) is 0 Å². The maximum absolute atomic E-state index is 12.2. The molecule has 0 saturated heterocycles. The average Bonchev–Trinajstić information content (AvgIpc) is 2.83. The lowest BCUT2D eigenvalue weighted by Gasteiger charge is -2.37. The monoisotopic (exact) mass is 386 g/mol. The lowest BCUT2D eigenvalue weighted by molar-refractivity contribution is -0.140. The summed E-state index contributed by atoms with van der Waals surface area (Å²) in [6.45, 7) is 11.1. The Bertz CT molecular complexity index is 494. The van der Waals surface area contributed by atoms with Gasteiger partial charge in [-0.25, -0.2) is 0 Å². The first-order valence-electron chi connectivity index (χ1n) is 9.19. The number of Topliss-reactive ketones (excluding diaryl/α,β-unsaturated/α-hetero) is 1. The molecule has 0 saturated carbocycles. The average molecular weight is 387 g/mol. The topological polar surface area (TPSA) is 52.6 Å². The summed E-state index contributed by atoms with van der Waals surface area (Å²) in [5.74, 6) is 1.03. The molecule has 0 heterocycles. The van der Waals surface area contributed by atoms with Gasteiger partial charge >= 0.3 is 5.97 Å². The molecule has 1 aliphatic carbocycles. The third-order valence-electron chi connectivity index (χ3n) is 5.01. The number of rotatable bonds is 10. The van der Waals surface area contributed by atoms with Gasteiger partial charge < -0.3 is 9.16 Å². The summed E-state index contributed by atoms with van der Waals surface area (Å²) in [5.41, 5.74) is 0. The van der Waals surface area contributed by atoms with Crippen molar-refractivity contribution < 1.29 is 18.8 Å². The van der Waals surface area contributed by atoms with E-state index in [4.69, 9.17) is 4.43 Å². The van der Waals surface area contributed by atoms with Crippen molar-refractivity contribution in [2.24, 2.45) is 0 Å². The van der Waals surface area contributed by atoms with Crippen LogP contribution in [0.25, 0.3) is 0 Å². The summed E-state index contributed by atoms with van der Waals surface area (Å²) in [6, 6.07) is 0. The van der Waals surface area contributed by atoms with Crippen molar-refractivity contribution in [3.8, 4) is 0 Å². The third kappa shape index (κ3) is 7.67. The number of ether oxygens (including phenoxy) is 1. The number of ketones is 1. The normalized spacial score (nSPS) is 18.4. The standard InChI is InChI=1S/C19H34O4SSi/c1-19(2,3)25(5,6)23-15-13-16(20)17(14-15)24-12-10-8-7-9-11-18(21)22-4/h14-15H,7-13H2,1-6H3/t15-/m1/s1. The zero-order chi connectivity index (χ0) is 19.1. The Morgan fingerprint density at radius 1 is 1.24 bits per heavy atom. The van der Waals surface area contributed by atoms with Crippen LogP contribution in [0.3, 0.4) is 0 Å². The van der Waals surface area contributed by atoms with Crippen LogP contribution in [-0.2, 0) is 18.8 Å². The minimum absolute atomic E-state index is 0.0454. The molecule has 144 valence electrons. The van der Waals surface area contributed by atoms with Gasteiger partial charge in [0, 0.05) is 17.7 Å². The Morgan fingerprint density at radius 2 is 1.88 bits per heavy atom. The summed E-state index contributed by atoms with van der Waals surface area (Å²) in [5, 5.41) is 0.157. The van der Waals surface area contributed by atoms with Crippen molar-refractivity contribution in [3.05, 3.63) is 11.0 Å². The summed E-state index contributed by atoms with van der Waals surface area (Å²) >= 11 is 1.65. The molecule has 0 fully saturated rings. The van der Waals surface area contributed by atoms with Crippen molar-refractivity contribution in [1.82, 2.24) is 0 Å². The molecule has 1 aliphatic rings. The first kappa shape index (κ1) is 22.4. The predicted octanol–water partition coefficient (Wildman–Crippen LogP) is 5.09. The highest BCUT2D eigenvalue weighted by Crippen LogP contribution is 2.39. The van der Waals surface area contributed by atoms with Crippen LogP contribution in [0, 0.1) is 0 Å². The Morgan fingerprint density at radius 3 is 2.48 bits per heavy atom. The number of hydrogen-bond donors (Lipinski definition) is 0. The molecule has 0 aromatic rings. The Kier molecular flexibility index (Phi) is 8.91. The van der Waals surface area contributed by atoms with E-state index in [1.54, 1.807) is 11.8 Å². The first-order chi connectivity index (χ1) is 11.6. The van der Waals surface area contributed by atoms with E-state index < -0.39 is 8.32 Å². The molecule has 4 nitrogen and oxygen atoms in total. The maximum atomic E-state index is 12.2. The van der Waals surface area contributed by atoms with Crippen molar-refractivity contribution in [2.45, 2.75) is 83.5 Å². The summed E-state index contributed by atoms with van der Waals surface area (Å²) in [7, 11) is -0.415. The zero-order valence-corrected chi connectivity index (χ0v) is 18.5. The minimum Gasteiger partial charge on any atom is -0.469 e. The van der Waals surface area contributed by atoms with E-state index in [1.165, 1.54) is 7.11 Å². The molecule has 0 bridgehead atoms. The van der Waals surface area contributed by atoms with Gasteiger partial charge in [0.05, 0.1) is 13.2 Å². The van der Waals surface area contributed by atoms with E-state index in [0.717, 1.165) is 36.3 Å². The Labute approximate surface area is 158 Å². The minimum atomic E-state index is -1.84. The molecule has 25 heavy (non-hydrogen) atoms.